The van der Waals surface area contributed by atoms with E-state index >= 15 is 0 Å². The van der Waals surface area contributed by atoms with Crippen molar-refractivity contribution in [3.05, 3.63) is 0 Å². The molecule has 0 rings (SSSR count). The fraction of sp³-hybridized carbons (Fsp3) is 1.00. The zero-order valence-corrected chi connectivity index (χ0v) is 11.0. The van der Waals surface area contributed by atoms with Gasteiger partial charge in [0, 0.05) is 4.75 Å². The Morgan fingerprint density at radius 2 is 1.58 bits per heavy atom. The van der Waals surface area contributed by atoms with Gasteiger partial charge in [0.05, 0.1) is 0 Å². The van der Waals surface area contributed by atoms with Gasteiger partial charge in [0.25, 0.3) is 0 Å². The second kappa shape index (κ2) is 4.85. The fourth-order valence-electron chi connectivity index (χ4n) is 0.251. The third-order valence-corrected chi connectivity index (χ3v) is 5.39. The van der Waals surface area contributed by atoms with E-state index in [1.54, 1.807) is 10.8 Å². The van der Waals surface area contributed by atoms with Gasteiger partial charge in [0.2, 0.25) is 3.79 Å². The van der Waals surface area contributed by atoms with Gasteiger partial charge in [-0.25, -0.2) is 0 Å². The van der Waals surface area contributed by atoms with Gasteiger partial charge >= 0.3 is 0 Å². The van der Waals surface area contributed by atoms with E-state index in [1.807, 2.05) is 0 Å². The molecule has 0 aliphatic heterocycles. The van der Waals surface area contributed by atoms with Crippen molar-refractivity contribution in [1.29, 1.82) is 0 Å². The summed E-state index contributed by atoms with van der Waals surface area (Å²) in [5.74, 6) is 0. The van der Waals surface area contributed by atoms with Crippen LogP contribution in [0.5, 0.6) is 0 Å². The average molecular weight is 269 g/mol. The van der Waals surface area contributed by atoms with E-state index in [0.29, 0.717) is 0 Å². The van der Waals surface area contributed by atoms with Crippen LogP contribution >= 0.6 is 56.4 Å². The van der Waals surface area contributed by atoms with Crippen LogP contribution in [0.1, 0.15) is 20.8 Å². The summed E-state index contributed by atoms with van der Waals surface area (Å²) in [6, 6.07) is 0. The van der Waals surface area contributed by atoms with E-state index in [9.17, 15) is 0 Å². The maximum atomic E-state index is 5.60. The Balaban J connectivity index is 3.80. The molecule has 12 heavy (non-hydrogen) atoms. The van der Waals surface area contributed by atoms with Crippen molar-refractivity contribution in [3.8, 4) is 0 Å². The summed E-state index contributed by atoms with van der Waals surface area (Å²) < 4.78 is -1.26. The predicted molar refractivity (Wildman–Crippen MR) is 63.2 cm³/mol. The summed E-state index contributed by atoms with van der Waals surface area (Å²) in [6.07, 6.45) is 0. The molecule has 2 N–H and O–H groups in total. The van der Waals surface area contributed by atoms with Gasteiger partial charge in [0.1, 0.15) is 5.37 Å². The van der Waals surface area contributed by atoms with Gasteiger partial charge in [-0.2, -0.15) is 0 Å². The Kier molecular flexibility index (Phi) is 5.47. The number of halogens is 3. The van der Waals surface area contributed by atoms with Crippen LogP contribution in [0.2, 0.25) is 0 Å². The van der Waals surface area contributed by atoms with Crippen molar-refractivity contribution in [2.75, 3.05) is 0 Å². The minimum atomic E-state index is -1.39. The van der Waals surface area contributed by atoms with Crippen molar-refractivity contribution in [2.24, 2.45) is 5.73 Å². The highest BCUT2D eigenvalue weighted by Crippen LogP contribution is 2.44. The lowest BCUT2D eigenvalue weighted by Gasteiger charge is -2.23. The first kappa shape index (κ1) is 13.5. The lowest BCUT2D eigenvalue weighted by Crippen LogP contribution is -2.31. The molecule has 0 aliphatic rings. The van der Waals surface area contributed by atoms with E-state index in [-0.39, 0.29) is 4.75 Å². The number of alkyl halides is 3. The van der Waals surface area contributed by atoms with E-state index < -0.39 is 9.17 Å². The van der Waals surface area contributed by atoms with Gasteiger partial charge < -0.3 is 5.73 Å². The summed E-state index contributed by atoms with van der Waals surface area (Å²) in [6.45, 7) is 6.24. The van der Waals surface area contributed by atoms with E-state index in [4.69, 9.17) is 40.5 Å². The minimum Gasteiger partial charge on any atom is -0.315 e. The van der Waals surface area contributed by atoms with Crippen molar-refractivity contribution >= 4 is 56.4 Å². The first-order valence-electron chi connectivity index (χ1n) is 3.30. The number of hydrogen-bond acceptors (Lipinski definition) is 3. The van der Waals surface area contributed by atoms with Gasteiger partial charge in [-0.3, -0.25) is 0 Å². The molecule has 0 radical (unpaired) electrons. The average Bonchev–Trinajstić information content (AvgIpc) is 1.78. The molecule has 1 atom stereocenters. The van der Waals surface area contributed by atoms with Crippen molar-refractivity contribution in [1.82, 2.24) is 0 Å². The number of rotatable bonds is 2. The highest BCUT2D eigenvalue weighted by molar-refractivity contribution is 8.77. The molecule has 74 valence electrons. The molecule has 0 aromatic carbocycles. The van der Waals surface area contributed by atoms with Gasteiger partial charge in [0.15, 0.2) is 0 Å². The van der Waals surface area contributed by atoms with Gasteiger partial charge in [-0.15, -0.1) is 0 Å². The largest absolute Gasteiger partial charge is 0.315 e. The maximum absolute atomic E-state index is 5.60. The number of hydrogen-bond donors (Lipinski definition) is 1. The molecular weight excluding hydrogens is 257 g/mol. The minimum absolute atomic E-state index is 0.123. The SMILES string of the molecule is CC(C)(C)SSC(N)C(Cl)(Cl)Cl. The van der Waals surface area contributed by atoms with Crippen LogP contribution in [-0.4, -0.2) is 13.9 Å². The van der Waals surface area contributed by atoms with E-state index in [1.165, 1.54) is 10.8 Å². The second-order valence-corrected chi connectivity index (χ2v) is 8.79. The normalized spacial score (nSPS) is 16.2. The molecule has 0 aromatic heterocycles. The summed E-state index contributed by atoms with van der Waals surface area (Å²) in [5, 5.41) is -0.494. The summed E-state index contributed by atoms with van der Waals surface area (Å²) >= 11 is 16.8. The van der Waals surface area contributed by atoms with Gasteiger partial charge in [-0.05, 0) is 0 Å². The molecule has 0 saturated heterocycles. The molecule has 6 heteroatoms. The van der Waals surface area contributed by atoms with Crippen LogP contribution in [0, 0.1) is 0 Å². The molecule has 0 amide bonds. The van der Waals surface area contributed by atoms with Gasteiger partial charge in [-0.1, -0.05) is 77.2 Å². The molecule has 0 aromatic rings. The molecule has 0 saturated carbocycles. The van der Waals surface area contributed by atoms with E-state index in [2.05, 4.69) is 20.8 Å². The monoisotopic (exact) mass is 267 g/mol. The van der Waals surface area contributed by atoms with Crippen LogP contribution in [0.25, 0.3) is 0 Å². The van der Waals surface area contributed by atoms with Crippen molar-refractivity contribution in [2.45, 2.75) is 34.7 Å². The summed E-state index contributed by atoms with van der Waals surface area (Å²) in [4.78, 5) is 0. The highest BCUT2D eigenvalue weighted by atomic mass is 35.6. The fourth-order valence-corrected chi connectivity index (χ4v) is 3.24. The Bertz CT molecular complexity index is 141. The van der Waals surface area contributed by atoms with E-state index in [0.717, 1.165) is 0 Å². The quantitative estimate of drug-likeness (QED) is 0.468. The van der Waals surface area contributed by atoms with Crippen LogP contribution in [-0.2, 0) is 0 Å². The lowest BCUT2D eigenvalue weighted by molar-refractivity contribution is 0.810. The lowest BCUT2D eigenvalue weighted by atomic mass is 10.3. The Labute approximate surface area is 96.5 Å². The summed E-state index contributed by atoms with van der Waals surface area (Å²) in [7, 11) is 3.00. The highest BCUT2D eigenvalue weighted by Gasteiger charge is 2.31. The predicted octanol–water partition coefficient (Wildman–Crippen LogP) is 3.82. The Hall–Kier alpha value is 1.53. The molecule has 1 nitrogen and oxygen atoms in total. The molecule has 0 heterocycles. The Morgan fingerprint density at radius 1 is 1.17 bits per heavy atom. The van der Waals surface area contributed by atoms with Crippen LogP contribution < -0.4 is 5.73 Å². The van der Waals surface area contributed by atoms with Crippen molar-refractivity contribution in [3.63, 3.8) is 0 Å². The molecule has 0 aliphatic carbocycles. The van der Waals surface area contributed by atoms with Crippen LogP contribution in [0.3, 0.4) is 0 Å². The van der Waals surface area contributed by atoms with Crippen LogP contribution in [0.15, 0.2) is 0 Å². The second-order valence-electron chi connectivity index (χ2n) is 3.25. The standard InChI is InChI=1S/C6H12Cl3NS2/c1-5(2,3)12-11-4(10)6(7,8)9/h4H,10H2,1-3H3. The topological polar surface area (TPSA) is 26.0 Å². The van der Waals surface area contributed by atoms with Crippen LogP contribution in [0.4, 0.5) is 0 Å². The smallest absolute Gasteiger partial charge is 0.215 e. The zero-order valence-electron chi connectivity index (χ0n) is 7.11. The third-order valence-electron chi connectivity index (χ3n) is 0.724. The molecular formula is C6H12Cl3NS2. The third kappa shape index (κ3) is 6.98. The molecule has 0 spiro atoms. The Morgan fingerprint density at radius 3 is 1.83 bits per heavy atom. The maximum Gasteiger partial charge on any atom is 0.215 e. The first-order chi connectivity index (χ1) is 5.13. The molecule has 0 bridgehead atoms. The summed E-state index contributed by atoms with van der Waals surface area (Å²) in [5.41, 5.74) is 5.60. The number of nitrogens with two attached hydrogens (primary N) is 1. The first-order valence-corrected chi connectivity index (χ1v) is 6.64. The molecule has 0 fully saturated rings. The molecule has 1 unspecified atom stereocenters. The van der Waals surface area contributed by atoms with Crippen molar-refractivity contribution < 1.29 is 0 Å². The zero-order chi connectivity index (χ0) is 9.99.